The van der Waals surface area contributed by atoms with E-state index in [2.05, 4.69) is 4.58 Å². The molecular formula is C49H49F3N3O7S3+. The first kappa shape index (κ1) is 46.2. The first-order valence-corrected chi connectivity index (χ1v) is 25.4. The number of fused-ring (bicyclic) bond motifs is 7. The molecule has 16 heteroatoms. The number of likely N-dealkylation sites (N-methyl/N-ethyl adjacent to an activating group) is 1. The van der Waals surface area contributed by atoms with Gasteiger partial charge in [-0.3, -0.25) is 8.86 Å². The number of nitrogens with zero attached hydrogens (tertiary/aromatic N) is 3. The monoisotopic (exact) mass is 944 g/mol. The summed E-state index contributed by atoms with van der Waals surface area (Å²) in [5.74, 6) is -0.466. The number of hydrogen-bond acceptors (Lipinski definition) is 6. The summed E-state index contributed by atoms with van der Waals surface area (Å²) in [7, 11) is -9.34. The summed E-state index contributed by atoms with van der Waals surface area (Å²) in [6.45, 7) is 8.64. The lowest BCUT2D eigenvalue weighted by Crippen LogP contribution is -2.37. The highest BCUT2D eigenvalue weighted by Gasteiger charge is 2.51. The van der Waals surface area contributed by atoms with E-state index >= 15 is 0 Å². The van der Waals surface area contributed by atoms with Gasteiger partial charge in [-0.1, -0.05) is 98.8 Å². The van der Waals surface area contributed by atoms with Gasteiger partial charge in [0.1, 0.15) is 6.54 Å². The van der Waals surface area contributed by atoms with Crippen LogP contribution in [0.3, 0.4) is 0 Å². The van der Waals surface area contributed by atoms with Crippen molar-refractivity contribution in [3.05, 3.63) is 155 Å². The van der Waals surface area contributed by atoms with Crippen molar-refractivity contribution in [2.45, 2.75) is 56.9 Å². The van der Waals surface area contributed by atoms with Crippen molar-refractivity contribution in [3.63, 3.8) is 0 Å². The Morgan fingerprint density at radius 3 is 2.00 bits per heavy atom. The van der Waals surface area contributed by atoms with E-state index in [0.717, 1.165) is 56.8 Å². The molecule has 8 rings (SSSR count). The molecule has 340 valence electrons. The number of rotatable bonds is 13. The number of anilines is 1. The third kappa shape index (κ3) is 8.17. The number of benzene rings is 5. The largest absolute Gasteiger partial charge is 0.516 e. The van der Waals surface area contributed by atoms with Crippen molar-refractivity contribution in [3.8, 4) is 0 Å². The summed E-state index contributed by atoms with van der Waals surface area (Å²) in [5, 5.41) is 3.95. The molecule has 0 aromatic heterocycles. The van der Waals surface area contributed by atoms with E-state index in [0.29, 0.717) is 34.1 Å². The molecule has 0 saturated heterocycles. The van der Waals surface area contributed by atoms with Gasteiger partial charge in [0.25, 0.3) is 10.1 Å². The summed E-state index contributed by atoms with van der Waals surface area (Å²) in [5.41, 5.74) is -0.730. The van der Waals surface area contributed by atoms with Crippen LogP contribution in [0.1, 0.15) is 62.8 Å². The molecule has 0 radical (unpaired) electrons. The molecule has 0 saturated carbocycles. The second-order valence-electron chi connectivity index (χ2n) is 17.5. The third-order valence-corrected chi connectivity index (χ3v) is 15.7. The summed E-state index contributed by atoms with van der Waals surface area (Å²) >= 11 is -2.03. The number of alkyl halides is 3. The molecule has 1 unspecified atom stereocenters. The molecule has 0 fully saturated rings. The van der Waals surface area contributed by atoms with Gasteiger partial charge in [0, 0.05) is 65.7 Å². The van der Waals surface area contributed by atoms with Crippen molar-refractivity contribution in [2.24, 2.45) is 0 Å². The van der Waals surface area contributed by atoms with Crippen LogP contribution in [-0.4, -0.2) is 81.9 Å². The van der Waals surface area contributed by atoms with E-state index in [-0.39, 0.29) is 35.6 Å². The minimum atomic E-state index is -5.95. The smallest absolute Gasteiger partial charge is 0.344 e. The molecule has 10 nitrogen and oxygen atoms in total. The lowest BCUT2D eigenvalue weighted by molar-refractivity contribution is -0.437. The van der Waals surface area contributed by atoms with Crippen LogP contribution in [-0.2, 0) is 42.1 Å². The highest BCUT2D eigenvalue weighted by atomic mass is 32.2. The Hall–Kier alpha value is -5.39. The van der Waals surface area contributed by atoms with Gasteiger partial charge in [-0.05, 0) is 82.8 Å². The predicted molar refractivity (Wildman–Crippen MR) is 254 cm³/mol. The van der Waals surface area contributed by atoms with Gasteiger partial charge in [0.2, 0.25) is 5.69 Å². The number of sulfonamides is 1. The molecule has 0 spiro atoms. The van der Waals surface area contributed by atoms with Gasteiger partial charge in [0.05, 0.1) is 22.6 Å². The van der Waals surface area contributed by atoms with E-state index in [1.807, 2.05) is 111 Å². The molecule has 0 bridgehead atoms. The zero-order valence-corrected chi connectivity index (χ0v) is 38.9. The van der Waals surface area contributed by atoms with Crippen LogP contribution in [0.25, 0.3) is 32.7 Å². The van der Waals surface area contributed by atoms with E-state index in [1.54, 1.807) is 42.5 Å². The second-order valence-corrected chi connectivity index (χ2v) is 22.1. The average Bonchev–Trinajstić information content (AvgIpc) is 3.75. The van der Waals surface area contributed by atoms with E-state index in [1.165, 1.54) is 0 Å². The quantitative estimate of drug-likeness (QED) is 0.0677. The minimum absolute atomic E-state index is 0.0271. The molecule has 1 atom stereocenters. The molecule has 0 amide bonds. The number of hydrogen-bond donors (Lipinski definition) is 2. The van der Waals surface area contributed by atoms with Crippen LogP contribution in [0.5, 0.6) is 0 Å². The highest BCUT2D eigenvalue weighted by molar-refractivity contribution is 7.90. The molecule has 65 heavy (non-hydrogen) atoms. The Morgan fingerprint density at radius 2 is 1.37 bits per heavy atom. The maximum absolute atomic E-state index is 14.6. The average molecular weight is 945 g/mol. The molecule has 2 N–H and O–H groups in total. The van der Waals surface area contributed by atoms with Crippen LogP contribution in [0.2, 0.25) is 0 Å². The van der Waals surface area contributed by atoms with Gasteiger partial charge in [-0.15, -0.1) is 0 Å². The van der Waals surface area contributed by atoms with Gasteiger partial charge < -0.3 is 9.45 Å². The molecular weight excluding hydrogens is 896 g/mol. The van der Waals surface area contributed by atoms with Gasteiger partial charge in [0.15, 0.2) is 16.8 Å². The fraction of sp³-hybridized carbons (Fsp3) is 0.286. The van der Waals surface area contributed by atoms with Gasteiger partial charge in [-0.2, -0.15) is 34.6 Å². The zero-order chi connectivity index (χ0) is 46.9. The van der Waals surface area contributed by atoms with Crippen LogP contribution in [0, 0.1) is 0 Å². The molecule has 5 aromatic rings. The van der Waals surface area contributed by atoms with Crippen molar-refractivity contribution in [1.82, 2.24) is 4.31 Å². The van der Waals surface area contributed by atoms with Crippen LogP contribution < -0.4 is 4.90 Å². The Balaban J connectivity index is 1.34. The normalized spacial score (nSPS) is 18.7. The van der Waals surface area contributed by atoms with Crippen molar-refractivity contribution >= 4 is 81.0 Å². The summed E-state index contributed by atoms with van der Waals surface area (Å²) in [6.07, 6.45) is 7.29. The summed E-state index contributed by atoms with van der Waals surface area (Å²) in [4.78, 5) is 1.95. The lowest BCUT2D eigenvalue weighted by Gasteiger charge is -2.27. The fourth-order valence-corrected chi connectivity index (χ4v) is 11.6. The van der Waals surface area contributed by atoms with Crippen LogP contribution in [0.4, 0.5) is 24.5 Å². The van der Waals surface area contributed by atoms with E-state index in [9.17, 15) is 43.3 Å². The Morgan fingerprint density at radius 1 is 0.769 bits per heavy atom. The van der Waals surface area contributed by atoms with E-state index < -0.39 is 53.3 Å². The molecule has 2 aliphatic heterocycles. The Kier molecular flexibility index (Phi) is 11.9. The number of allylic oxidation sites excluding steroid dienone is 7. The molecule has 2 heterocycles. The topological polar surface area (TPSA) is 135 Å². The van der Waals surface area contributed by atoms with Gasteiger partial charge in [-0.25, -0.2) is 4.21 Å². The van der Waals surface area contributed by atoms with E-state index in [4.69, 9.17) is 0 Å². The lowest BCUT2D eigenvalue weighted by atomic mass is 9.79. The first-order valence-electron chi connectivity index (χ1n) is 21.1. The number of halogens is 3. The standard InChI is InChI=1S/C49H48F3N3O7S3/c1-47(2)42(54(28-12-30-63(56)57)40-24-20-32-14-6-8-16-34(32)44(40)47)26-22-38-36-18-10-11-19-37(36)39(46(38)53(5)65(61,62)49(50,51)52)23-27-43-48(3,4)45-35-17-9-7-15-33(35)21-25-41(45)55(43)29-13-31-64(58,59)60/h6-11,14-27H,12-13,28-31H2,1-5H3,(H-,56,57,58,59,60)/p+1. The Bertz CT molecular complexity index is 3210. The van der Waals surface area contributed by atoms with Crippen molar-refractivity contribution in [1.29, 1.82) is 0 Å². The second kappa shape index (κ2) is 16.8. The fourth-order valence-electron chi connectivity index (χ4n) is 9.93. The predicted octanol–water partition coefficient (Wildman–Crippen LogP) is 10.1. The van der Waals surface area contributed by atoms with Gasteiger partial charge >= 0.3 is 15.5 Å². The molecule has 5 aromatic carbocycles. The maximum atomic E-state index is 14.6. The summed E-state index contributed by atoms with van der Waals surface area (Å²) in [6, 6.07) is 30.6. The maximum Gasteiger partial charge on any atom is 0.516 e. The Labute approximate surface area is 379 Å². The van der Waals surface area contributed by atoms with Crippen LogP contribution >= 0.6 is 0 Å². The highest BCUT2D eigenvalue weighted by Crippen LogP contribution is 2.52. The van der Waals surface area contributed by atoms with Crippen molar-refractivity contribution in [2.75, 3.05) is 36.5 Å². The minimum Gasteiger partial charge on any atom is -0.344 e. The van der Waals surface area contributed by atoms with Crippen LogP contribution in [0.15, 0.2) is 133 Å². The van der Waals surface area contributed by atoms with Crippen molar-refractivity contribution < 1.29 is 47.9 Å². The molecule has 3 aliphatic rings. The third-order valence-electron chi connectivity index (χ3n) is 12.8. The SMILES string of the molecule is CN(C1=C(/C=C/C2=[N+](CCCS(=O)O)c3ccc4ccccc4c3C2(C)C)c2ccccc2/C1=C\C=C1\N(CCCS(=O)(=O)O)c2ccc3ccccc3c2C1(C)C)S(=O)(=O)C(F)(F)F. The zero-order valence-electron chi connectivity index (χ0n) is 36.4. The summed E-state index contributed by atoms with van der Waals surface area (Å²) < 4.78 is 128. The molecule has 1 aliphatic carbocycles. The first-order chi connectivity index (χ1) is 30.6.